The van der Waals surface area contributed by atoms with E-state index in [1.54, 1.807) is 0 Å². The van der Waals surface area contributed by atoms with Crippen molar-refractivity contribution in [2.45, 2.75) is 64.2 Å². The van der Waals surface area contributed by atoms with E-state index in [0.717, 1.165) is 12.1 Å². The van der Waals surface area contributed by atoms with Crippen molar-refractivity contribution in [1.82, 2.24) is 10.2 Å². The number of nitrogens with zero attached hydrogens (tertiary/aromatic N) is 1. The third kappa shape index (κ3) is 3.01. The van der Waals surface area contributed by atoms with Crippen molar-refractivity contribution in [2.24, 2.45) is 0 Å². The average molecular weight is 258 g/mol. The number of likely N-dealkylation sites (tertiary alicyclic amines) is 1. The summed E-state index contributed by atoms with van der Waals surface area (Å²) < 4.78 is 0. The molecule has 1 heterocycles. The third-order valence-electron chi connectivity index (χ3n) is 4.67. The molecule has 2 fully saturated rings. The van der Waals surface area contributed by atoms with Gasteiger partial charge in [-0.05, 0) is 45.6 Å². The maximum absolute atomic E-state index is 3.82. The van der Waals surface area contributed by atoms with Crippen LogP contribution in [-0.4, -0.2) is 29.6 Å². The van der Waals surface area contributed by atoms with Crippen molar-refractivity contribution in [3.8, 4) is 0 Å². The van der Waals surface area contributed by atoms with E-state index >= 15 is 0 Å². The molecule has 1 aliphatic heterocycles. The molecule has 2 aliphatic rings. The van der Waals surface area contributed by atoms with Gasteiger partial charge in [0, 0.05) is 30.7 Å². The molecule has 2 heteroatoms. The molecule has 0 radical (unpaired) electrons. The van der Waals surface area contributed by atoms with E-state index in [1.807, 2.05) is 0 Å². The highest BCUT2D eigenvalue weighted by molar-refractivity contribution is 5.24. The summed E-state index contributed by atoms with van der Waals surface area (Å²) >= 11 is 0. The summed E-state index contributed by atoms with van der Waals surface area (Å²) in [6.45, 7) is 8.08. The lowest BCUT2D eigenvalue weighted by Gasteiger charge is -2.21. The molecule has 19 heavy (non-hydrogen) atoms. The SMILES string of the molecule is Cc1cccc([C@@H](C)NC2CC(C)N(C3CC3)C2)c1. The second kappa shape index (κ2) is 5.26. The molecule has 0 amide bonds. The Kier molecular flexibility index (Phi) is 3.64. The predicted molar refractivity (Wildman–Crippen MR) is 80.3 cm³/mol. The first-order valence-corrected chi connectivity index (χ1v) is 7.72. The van der Waals surface area contributed by atoms with Gasteiger partial charge in [0.1, 0.15) is 0 Å². The molecule has 1 aromatic carbocycles. The third-order valence-corrected chi connectivity index (χ3v) is 4.67. The van der Waals surface area contributed by atoms with Crippen LogP contribution in [0.5, 0.6) is 0 Å². The fraction of sp³-hybridized carbons (Fsp3) is 0.647. The van der Waals surface area contributed by atoms with Crippen LogP contribution < -0.4 is 5.32 Å². The molecule has 0 bridgehead atoms. The molecule has 2 nitrogen and oxygen atoms in total. The average Bonchev–Trinajstić information content (AvgIpc) is 3.14. The highest BCUT2D eigenvalue weighted by atomic mass is 15.3. The fourth-order valence-corrected chi connectivity index (χ4v) is 3.48. The number of benzene rings is 1. The minimum Gasteiger partial charge on any atom is -0.306 e. The standard InChI is InChI=1S/C17H26N2/c1-12-5-4-6-15(9-12)14(3)18-16-10-13(2)19(11-16)17-7-8-17/h4-6,9,13-14,16-18H,7-8,10-11H2,1-3H3/t13?,14-,16?/m1/s1. The summed E-state index contributed by atoms with van der Waals surface area (Å²) in [5.74, 6) is 0. The van der Waals surface area contributed by atoms with E-state index in [2.05, 4.69) is 55.3 Å². The molecule has 3 rings (SSSR count). The molecule has 1 aliphatic carbocycles. The Labute approximate surface area is 117 Å². The molecule has 0 aromatic heterocycles. The largest absolute Gasteiger partial charge is 0.306 e. The number of hydrogen-bond acceptors (Lipinski definition) is 2. The first-order chi connectivity index (χ1) is 9.13. The Morgan fingerprint density at radius 2 is 2.11 bits per heavy atom. The Hall–Kier alpha value is -0.860. The van der Waals surface area contributed by atoms with Gasteiger partial charge in [-0.15, -0.1) is 0 Å². The summed E-state index contributed by atoms with van der Waals surface area (Å²) in [4.78, 5) is 2.71. The molecule has 1 N–H and O–H groups in total. The number of hydrogen-bond donors (Lipinski definition) is 1. The minimum atomic E-state index is 0.455. The van der Waals surface area contributed by atoms with E-state index in [-0.39, 0.29) is 0 Å². The molecule has 104 valence electrons. The molecular weight excluding hydrogens is 232 g/mol. The van der Waals surface area contributed by atoms with Crippen molar-refractivity contribution >= 4 is 0 Å². The first-order valence-electron chi connectivity index (χ1n) is 7.72. The zero-order valence-corrected chi connectivity index (χ0v) is 12.4. The summed E-state index contributed by atoms with van der Waals surface area (Å²) in [6.07, 6.45) is 4.14. The van der Waals surface area contributed by atoms with Crippen molar-refractivity contribution in [3.05, 3.63) is 35.4 Å². The van der Waals surface area contributed by atoms with Crippen molar-refractivity contribution < 1.29 is 0 Å². The zero-order valence-electron chi connectivity index (χ0n) is 12.4. The Bertz CT molecular complexity index is 439. The topological polar surface area (TPSA) is 15.3 Å². The summed E-state index contributed by atoms with van der Waals surface area (Å²) in [5.41, 5.74) is 2.77. The smallest absolute Gasteiger partial charge is 0.0294 e. The van der Waals surface area contributed by atoms with Gasteiger partial charge in [0.15, 0.2) is 0 Å². The van der Waals surface area contributed by atoms with Crippen LogP contribution in [0.4, 0.5) is 0 Å². The van der Waals surface area contributed by atoms with Gasteiger partial charge in [-0.2, -0.15) is 0 Å². The van der Waals surface area contributed by atoms with Gasteiger partial charge in [0.25, 0.3) is 0 Å². The van der Waals surface area contributed by atoms with Crippen LogP contribution in [0.3, 0.4) is 0 Å². The maximum Gasteiger partial charge on any atom is 0.0294 e. The monoisotopic (exact) mass is 258 g/mol. The van der Waals surface area contributed by atoms with Crippen LogP contribution in [0.15, 0.2) is 24.3 Å². The second-order valence-electron chi connectivity index (χ2n) is 6.51. The van der Waals surface area contributed by atoms with E-state index in [4.69, 9.17) is 0 Å². The summed E-state index contributed by atoms with van der Waals surface area (Å²) in [7, 11) is 0. The Morgan fingerprint density at radius 1 is 1.32 bits per heavy atom. The highest BCUT2D eigenvalue weighted by Crippen LogP contribution is 2.33. The lowest BCUT2D eigenvalue weighted by Crippen LogP contribution is -2.35. The van der Waals surface area contributed by atoms with E-state index < -0.39 is 0 Å². The Balaban J connectivity index is 1.59. The zero-order chi connectivity index (χ0) is 13.4. The van der Waals surface area contributed by atoms with Crippen LogP contribution in [0.1, 0.15) is 50.3 Å². The van der Waals surface area contributed by atoms with Crippen molar-refractivity contribution in [3.63, 3.8) is 0 Å². The van der Waals surface area contributed by atoms with E-state index in [9.17, 15) is 0 Å². The van der Waals surface area contributed by atoms with Gasteiger partial charge in [-0.3, -0.25) is 4.90 Å². The van der Waals surface area contributed by atoms with Gasteiger partial charge in [-0.25, -0.2) is 0 Å². The molecule has 2 unspecified atom stereocenters. The predicted octanol–water partition coefficient (Wildman–Crippen LogP) is 3.27. The molecule has 0 spiro atoms. The van der Waals surface area contributed by atoms with Crippen molar-refractivity contribution in [2.75, 3.05) is 6.54 Å². The molecule has 3 atom stereocenters. The fourth-order valence-electron chi connectivity index (χ4n) is 3.48. The van der Waals surface area contributed by atoms with Crippen LogP contribution in [-0.2, 0) is 0 Å². The van der Waals surface area contributed by atoms with Crippen LogP contribution in [0, 0.1) is 6.92 Å². The number of nitrogens with one attached hydrogen (secondary N) is 1. The number of rotatable bonds is 4. The maximum atomic E-state index is 3.82. The highest BCUT2D eigenvalue weighted by Gasteiger charge is 2.38. The Morgan fingerprint density at radius 3 is 2.79 bits per heavy atom. The van der Waals surface area contributed by atoms with E-state index in [0.29, 0.717) is 12.1 Å². The quantitative estimate of drug-likeness (QED) is 0.891. The van der Waals surface area contributed by atoms with Crippen LogP contribution in [0.2, 0.25) is 0 Å². The van der Waals surface area contributed by atoms with Crippen LogP contribution in [0.25, 0.3) is 0 Å². The van der Waals surface area contributed by atoms with Gasteiger partial charge in [0.2, 0.25) is 0 Å². The van der Waals surface area contributed by atoms with Crippen molar-refractivity contribution in [1.29, 1.82) is 0 Å². The van der Waals surface area contributed by atoms with Crippen LogP contribution >= 0.6 is 0 Å². The molecule has 1 aromatic rings. The first kappa shape index (κ1) is 13.1. The second-order valence-corrected chi connectivity index (χ2v) is 6.51. The molecular formula is C17H26N2. The van der Waals surface area contributed by atoms with Gasteiger partial charge >= 0.3 is 0 Å². The van der Waals surface area contributed by atoms with E-state index in [1.165, 1.54) is 36.9 Å². The molecule has 1 saturated carbocycles. The summed E-state index contributed by atoms with van der Waals surface area (Å²) in [6, 6.07) is 11.6. The lowest BCUT2D eigenvalue weighted by atomic mass is 10.0. The van der Waals surface area contributed by atoms with Gasteiger partial charge in [0.05, 0.1) is 0 Å². The molecule has 1 saturated heterocycles. The normalized spacial score (nSPS) is 29.6. The lowest BCUT2D eigenvalue weighted by molar-refractivity contribution is 0.254. The van der Waals surface area contributed by atoms with Gasteiger partial charge < -0.3 is 5.32 Å². The summed E-state index contributed by atoms with van der Waals surface area (Å²) in [5, 5.41) is 3.82. The number of aryl methyl sites for hydroxylation is 1. The minimum absolute atomic E-state index is 0.455. The van der Waals surface area contributed by atoms with Gasteiger partial charge in [-0.1, -0.05) is 29.8 Å².